The van der Waals surface area contributed by atoms with Gasteiger partial charge in [0.25, 0.3) is 6.43 Å². The van der Waals surface area contributed by atoms with Gasteiger partial charge in [0, 0.05) is 12.1 Å². The summed E-state index contributed by atoms with van der Waals surface area (Å²) < 4.78 is 35.7. The lowest BCUT2D eigenvalue weighted by atomic mass is 10.1. The molecule has 0 bridgehead atoms. The minimum absolute atomic E-state index is 0.217. The SMILES string of the molecule is C=Cc1ccc(OCC(F)F)c(CN(CCCC)C(=O)OC(C)(C)C)c1. The van der Waals surface area contributed by atoms with Crippen molar-refractivity contribution in [2.75, 3.05) is 13.2 Å². The van der Waals surface area contributed by atoms with Crippen LogP contribution in [0.2, 0.25) is 0 Å². The lowest BCUT2D eigenvalue weighted by Gasteiger charge is -2.28. The second-order valence-electron chi connectivity index (χ2n) is 7.03. The molecule has 0 aromatic heterocycles. The Morgan fingerprint density at radius 3 is 2.58 bits per heavy atom. The van der Waals surface area contributed by atoms with Crippen molar-refractivity contribution in [3.05, 3.63) is 35.9 Å². The van der Waals surface area contributed by atoms with Gasteiger partial charge in [-0.05, 0) is 44.9 Å². The summed E-state index contributed by atoms with van der Waals surface area (Å²) in [6.07, 6.45) is 0.386. The molecule has 0 aliphatic carbocycles. The number of alkyl halides is 2. The van der Waals surface area contributed by atoms with Gasteiger partial charge in [-0.25, -0.2) is 13.6 Å². The molecule has 0 spiro atoms. The zero-order valence-electron chi connectivity index (χ0n) is 16.1. The molecular formula is C20H29F2NO3. The van der Waals surface area contributed by atoms with Gasteiger partial charge in [-0.2, -0.15) is 0 Å². The monoisotopic (exact) mass is 369 g/mol. The molecule has 1 rings (SSSR count). The molecule has 4 nitrogen and oxygen atoms in total. The first-order chi connectivity index (χ1) is 12.2. The molecule has 0 radical (unpaired) electrons. The van der Waals surface area contributed by atoms with E-state index in [2.05, 4.69) is 6.58 Å². The summed E-state index contributed by atoms with van der Waals surface area (Å²) >= 11 is 0. The minimum Gasteiger partial charge on any atom is -0.487 e. The Morgan fingerprint density at radius 2 is 2.04 bits per heavy atom. The summed E-state index contributed by atoms with van der Waals surface area (Å²) in [5, 5.41) is 0. The number of halogens is 2. The van der Waals surface area contributed by atoms with Crippen LogP contribution >= 0.6 is 0 Å². The maximum atomic E-state index is 12.5. The summed E-state index contributed by atoms with van der Waals surface area (Å²) in [7, 11) is 0. The van der Waals surface area contributed by atoms with Gasteiger partial charge in [0.1, 0.15) is 18.0 Å². The number of hydrogen-bond donors (Lipinski definition) is 0. The highest BCUT2D eigenvalue weighted by Gasteiger charge is 2.23. The van der Waals surface area contributed by atoms with Crippen LogP contribution in [0.4, 0.5) is 13.6 Å². The first-order valence-corrected chi connectivity index (χ1v) is 8.80. The van der Waals surface area contributed by atoms with Crippen molar-refractivity contribution in [3.63, 3.8) is 0 Å². The molecule has 0 aliphatic rings. The minimum atomic E-state index is -2.57. The van der Waals surface area contributed by atoms with Gasteiger partial charge < -0.3 is 14.4 Å². The third kappa shape index (κ3) is 7.85. The highest BCUT2D eigenvalue weighted by molar-refractivity contribution is 5.68. The van der Waals surface area contributed by atoms with E-state index in [1.54, 1.807) is 49.9 Å². The molecule has 1 aromatic rings. The number of unbranched alkanes of at least 4 members (excludes halogenated alkanes) is 1. The number of ether oxygens (including phenoxy) is 2. The molecule has 6 heteroatoms. The van der Waals surface area contributed by atoms with E-state index in [9.17, 15) is 13.6 Å². The number of carbonyl (C=O) groups excluding carboxylic acids is 1. The van der Waals surface area contributed by atoms with Crippen LogP contribution in [0.25, 0.3) is 6.08 Å². The fourth-order valence-electron chi connectivity index (χ4n) is 2.26. The van der Waals surface area contributed by atoms with Gasteiger partial charge in [-0.15, -0.1) is 0 Å². The van der Waals surface area contributed by atoms with E-state index in [0.29, 0.717) is 17.9 Å². The fourth-order valence-corrected chi connectivity index (χ4v) is 2.26. The third-order valence-corrected chi connectivity index (χ3v) is 3.48. The molecule has 1 aromatic carbocycles. The van der Waals surface area contributed by atoms with Gasteiger partial charge >= 0.3 is 6.09 Å². The van der Waals surface area contributed by atoms with E-state index < -0.39 is 24.7 Å². The first-order valence-electron chi connectivity index (χ1n) is 8.80. The zero-order valence-corrected chi connectivity index (χ0v) is 16.1. The van der Waals surface area contributed by atoms with E-state index >= 15 is 0 Å². The zero-order chi connectivity index (χ0) is 19.7. The van der Waals surface area contributed by atoms with Gasteiger partial charge in [0.15, 0.2) is 0 Å². The molecule has 26 heavy (non-hydrogen) atoms. The summed E-state index contributed by atoms with van der Waals surface area (Å²) in [6, 6.07) is 5.15. The van der Waals surface area contributed by atoms with Crippen LogP contribution in [0, 0.1) is 0 Å². The Hall–Kier alpha value is -2.11. The molecule has 0 aliphatic heterocycles. The molecule has 0 fully saturated rings. The number of carbonyl (C=O) groups is 1. The maximum absolute atomic E-state index is 12.5. The summed E-state index contributed by atoms with van der Waals surface area (Å²) in [6.45, 7) is 11.2. The summed E-state index contributed by atoms with van der Waals surface area (Å²) in [5.41, 5.74) is 0.855. The van der Waals surface area contributed by atoms with E-state index in [-0.39, 0.29) is 6.54 Å². The quantitative estimate of drug-likeness (QED) is 0.576. The molecular weight excluding hydrogens is 340 g/mol. The maximum Gasteiger partial charge on any atom is 0.410 e. The van der Waals surface area contributed by atoms with Crippen molar-refractivity contribution in [2.45, 2.75) is 59.1 Å². The van der Waals surface area contributed by atoms with Crippen molar-refractivity contribution in [3.8, 4) is 5.75 Å². The smallest absolute Gasteiger partial charge is 0.410 e. The number of nitrogens with zero attached hydrogens (tertiary/aromatic N) is 1. The molecule has 0 saturated carbocycles. The van der Waals surface area contributed by atoms with E-state index in [4.69, 9.17) is 9.47 Å². The molecule has 0 atom stereocenters. The van der Waals surface area contributed by atoms with Crippen LogP contribution in [-0.4, -0.2) is 36.2 Å². The van der Waals surface area contributed by atoms with Crippen LogP contribution < -0.4 is 4.74 Å². The van der Waals surface area contributed by atoms with Crippen molar-refractivity contribution in [1.29, 1.82) is 0 Å². The molecule has 146 valence electrons. The van der Waals surface area contributed by atoms with Crippen molar-refractivity contribution in [2.24, 2.45) is 0 Å². The topological polar surface area (TPSA) is 38.8 Å². The number of amides is 1. The molecule has 1 amide bonds. The number of rotatable bonds is 9. The second kappa shape index (κ2) is 10.1. The normalized spacial score (nSPS) is 11.3. The highest BCUT2D eigenvalue weighted by atomic mass is 19.3. The van der Waals surface area contributed by atoms with Gasteiger partial charge in [-0.1, -0.05) is 32.1 Å². The van der Waals surface area contributed by atoms with Gasteiger partial charge in [0.2, 0.25) is 0 Å². The average molecular weight is 369 g/mol. The largest absolute Gasteiger partial charge is 0.487 e. The third-order valence-electron chi connectivity index (χ3n) is 3.48. The Labute approximate surface area is 154 Å². The van der Waals surface area contributed by atoms with E-state index in [1.165, 1.54) is 0 Å². The Morgan fingerprint density at radius 1 is 1.35 bits per heavy atom. The number of hydrogen-bond acceptors (Lipinski definition) is 3. The van der Waals surface area contributed by atoms with Gasteiger partial charge in [0.05, 0.1) is 6.54 Å². The lowest BCUT2D eigenvalue weighted by molar-refractivity contribution is 0.0227. The number of benzene rings is 1. The van der Waals surface area contributed by atoms with Crippen LogP contribution in [0.5, 0.6) is 5.75 Å². The average Bonchev–Trinajstić information content (AvgIpc) is 2.55. The molecule has 0 N–H and O–H groups in total. The lowest BCUT2D eigenvalue weighted by Crippen LogP contribution is -2.37. The van der Waals surface area contributed by atoms with Crippen LogP contribution in [0.1, 0.15) is 51.7 Å². The van der Waals surface area contributed by atoms with Crippen molar-refractivity contribution >= 4 is 12.2 Å². The predicted molar refractivity (Wildman–Crippen MR) is 99.6 cm³/mol. The highest BCUT2D eigenvalue weighted by Crippen LogP contribution is 2.24. The van der Waals surface area contributed by atoms with Crippen LogP contribution in [0.3, 0.4) is 0 Å². The second-order valence-corrected chi connectivity index (χ2v) is 7.03. The molecule has 0 saturated heterocycles. The summed E-state index contributed by atoms with van der Waals surface area (Å²) in [5.74, 6) is 0.334. The van der Waals surface area contributed by atoms with Crippen molar-refractivity contribution < 1.29 is 23.0 Å². The van der Waals surface area contributed by atoms with Crippen LogP contribution in [0.15, 0.2) is 24.8 Å². The predicted octanol–water partition coefficient (Wildman–Crippen LogP) is 5.51. The van der Waals surface area contributed by atoms with E-state index in [1.807, 2.05) is 6.92 Å². The van der Waals surface area contributed by atoms with Crippen LogP contribution in [-0.2, 0) is 11.3 Å². The van der Waals surface area contributed by atoms with Crippen molar-refractivity contribution in [1.82, 2.24) is 4.90 Å². The molecule has 0 unspecified atom stereocenters. The Balaban J connectivity index is 3.06. The summed E-state index contributed by atoms with van der Waals surface area (Å²) in [4.78, 5) is 14.1. The first kappa shape index (κ1) is 21.9. The Bertz CT molecular complexity index is 597. The van der Waals surface area contributed by atoms with Gasteiger partial charge in [-0.3, -0.25) is 0 Å². The molecule has 0 heterocycles. The standard InChI is InChI=1S/C20H29F2NO3/c1-6-8-11-23(19(24)26-20(3,4)5)13-16-12-15(7-2)9-10-17(16)25-14-18(21)22/h7,9-10,12,18H,2,6,8,11,13-14H2,1,3-5H3. The van der Waals surface area contributed by atoms with E-state index in [0.717, 1.165) is 18.4 Å². The fraction of sp³-hybridized carbons (Fsp3) is 0.550. The Kier molecular flexibility index (Phi) is 8.55.